The summed E-state index contributed by atoms with van der Waals surface area (Å²) in [7, 11) is 0. The summed E-state index contributed by atoms with van der Waals surface area (Å²) in [6.45, 7) is 0. The van der Waals surface area contributed by atoms with Gasteiger partial charge in [0.05, 0.1) is 16.3 Å². The maximum atomic E-state index is 14.7. The van der Waals surface area contributed by atoms with E-state index in [1.54, 1.807) is 23.5 Å². The van der Waals surface area contributed by atoms with Gasteiger partial charge in [-0.2, -0.15) is 0 Å². The Morgan fingerprint density at radius 1 is 1.25 bits per heavy atom. The minimum atomic E-state index is -0.339. The van der Waals surface area contributed by atoms with E-state index >= 15 is 0 Å². The first kappa shape index (κ1) is 18.0. The van der Waals surface area contributed by atoms with Crippen molar-refractivity contribution >= 4 is 39.3 Å². The highest BCUT2D eigenvalue weighted by molar-refractivity contribution is 7.15. The molecule has 0 radical (unpaired) electrons. The van der Waals surface area contributed by atoms with Crippen LogP contribution in [0.3, 0.4) is 0 Å². The van der Waals surface area contributed by atoms with Crippen molar-refractivity contribution in [3.63, 3.8) is 0 Å². The summed E-state index contributed by atoms with van der Waals surface area (Å²) in [5, 5.41) is 6.23. The van der Waals surface area contributed by atoms with Gasteiger partial charge < -0.3 is 5.32 Å². The third kappa shape index (κ3) is 3.07. The molecule has 1 saturated carbocycles. The second kappa shape index (κ2) is 7.37. The monoisotopic (exact) mass is 413 g/mol. The first-order valence-corrected chi connectivity index (χ1v) is 11.0. The number of allylic oxidation sites excluding steroid dienone is 4. The van der Waals surface area contributed by atoms with Gasteiger partial charge >= 0.3 is 0 Å². The number of benzene rings is 1. The molecule has 2 aliphatic rings. The Hall–Kier alpha value is -2.11. The molecule has 1 fully saturated rings. The fourth-order valence-electron chi connectivity index (χ4n) is 4.19. The zero-order chi connectivity index (χ0) is 19.1. The highest BCUT2D eigenvalue weighted by Crippen LogP contribution is 2.40. The molecule has 0 saturated heterocycles. The molecule has 6 heteroatoms. The summed E-state index contributed by atoms with van der Waals surface area (Å²) in [6, 6.07) is 5.19. The minimum absolute atomic E-state index is 0.339. The molecule has 1 N–H and O–H groups in total. The molecule has 0 unspecified atom stereocenters. The number of nitrogens with one attached hydrogen (secondary N) is 1. The second-order valence-corrected chi connectivity index (χ2v) is 8.67. The number of fused-ring (bicyclic) bond motifs is 1. The Labute approximate surface area is 172 Å². The number of hydrogen-bond donors (Lipinski definition) is 1. The number of imidazole rings is 1. The molecule has 0 bridgehead atoms. The van der Waals surface area contributed by atoms with Crippen LogP contribution >= 0.6 is 22.9 Å². The van der Waals surface area contributed by atoms with Gasteiger partial charge in [-0.25, -0.2) is 9.37 Å². The number of halogens is 2. The van der Waals surface area contributed by atoms with Crippen LogP contribution in [0.4, 0.5) is 10.2 Å². The largest absolute Gasteiger partial charge is 0.367 e. The zero-order valence-electron chi connectivity index (χ0n) is 15.4. The highest BCUT2D eigenvalue weighted by Gasteiger charge is 2.26. The summed E-state index contributed by atoms with van der Waals surface area (Å²) >= 11 is 7.99. The van der Waals surface area contributed by atoms with Gasteiger partial charge in [-0.3, -0.25) is 4.40 Å². The molecule has 3 aromatic rings. The molecular formula is C22H21ClFN3S. The van der Waals surface area contributed by atoms with Crippen LogP contribution in [0.15, 0.2) is 41.8 Å². The van der Waals surface area contributed by atoms with Crippen LogP contribution in [0.5, 0.6) is 0 Å². The fraction of sp³-hybridized carbons (Fsp3) is 0.318. The number of thiazole rings is 1. The SMILES string of the molecule is Fc1cccc(Cl)c1-c1nc2scc(C3=CC=CCC3)n2c1NC1CCCC1. The summed E-state index contributed by atoms with van der Waals surface area (Å²) in [5.74, 6) is 0.523. The van der Waals surface area contributed by atoms with E-state index in [-0.39, 0.29) is 5.82 Å². The molecule has 2 aromatic heterocycles. The van der Waals surface area contributed by atoms with Crippen molar-refractivity contribution in [3.05, 3.63) is 58.3 Å². The highest BCUT2D eigenvalue weighted by atomic mass is 35.5. The van der Waals surface area contributed by atoms with Crippen LogP contribution in [0.25, 0.3) is 21.8 Å². The lowest BCUT2D eigenvalue weighted by Gasteiger charge is -2.17. The van der Waals surface area contributed by atoms with Gasteiger partial charge in [-0.1, -0.05) is 48.7 Å². The molecule has 0 atom stereocenters. The summed E-state index contributed by atoms with van der Waals surface area (Å²) in [5.41, 5.74) is 3.40. The van der Waals surface area contributed by atoms with Crippen LogP contribution < -0.4 is 5.32 Å². The number of nitrogens with zero attached hydrogens (tertiary/aromatic N) is 2. The Morgan fingerprint density at radius 2 is 2.11 bits per heavy atom. The van der Waals surface area contributed by atoms with Gasteiger partial charge in [0, 0.05) is 11.4 Å². The van der Waals surface area contributed by atoms with E-state index in [9.17, 15) is 4.39 Å². The Bertz CT molecular complexity index is 1070. The predicted octanol–water partition coefficient (Wildman–Crippen LogP) is 6.94. The number of hydrogen-bond acceptors (Lipinski definition) is 3. The molecule has 144 valence electrons. The lowest BCUT2D eigenvalue weighted by Crippen LogP contribution is -2.17. The number of aromatic nitrogens is 2. The van der Waals surface area contributed by atoms with E-state index in [0.29, 0.717) is 22.3 Å². The minimum Gasteiger partial charge on any atom is -0.367 e. The molecule has 2 heterocycles. The Kier molecular flexibility index (Phi) is 4.73. The smallest absolute Gasteiger partial charge is 0.196 e. The second-order valence-electron chi connectivity index (χ2n) is 7.43. The molecule has 0 amide bonds. The van der Waals surface area contributed by atoms with E-state index in [2.05, 4.69) is 33.3 Å². The third-order valence-electron chi connectivity index (χ3n) is 5.60. The summed E-state index contributed by atoms with van der Waals surface area (Å²) in [4.78, 5) is 5.67. The molecule has 3 nitrogen and oxygen atoms in total. The van der Waals surface area contributed by atoms with E-state index in [1.165, 1.54) is 24.5 Å². The topological polar surface area (TPSA) is 29.3 Å². The van der Waals surface area contributed by atoms with Crippen molar-refractivity contribution < 1.29 is 4.39 Å². The van der Waals surface area contributed by atoms with Gasteiger partial charge in [-0.15, -0.1) is 11.3 Å². The Morgan fingerprint density at radius 3 is 2.86 bits per heavy atom. The van der Waals surface area contributed by atoms with E-state index < -0.39 is 0 Å². The number of anilines is 1. The first-order chi connectivity index (χ1) is 13.7. The predicted molar refractivity (Wildman–Crippen MR) is 116 cm³/mol. The average Bonchev–Trinajstić information content (AvgIpc) is 3.42. The molecule has 0 spiro atoms. The fourth-order valence-corrected chi connectivity index (χ4v) is 5.36. The zero-order valence-corrected chi connectivity index (χ0v) is 17.0. The molecule has 28 heavy (non-hydrogen) atoms. The maximum Gasteiger partial charge on any atom is 0.196 e. The van der Waals surface area contributed by atoms with Crippen molar-refractivity contribution in [1.82, 2.24) is 9.38 Å². The molecule has 5 rings (SSSR count). The van der Waals surface area contributed by atoms with Crippen molar-refractivity contribution in [2.75, 3.05) is 5.32 Å². The quantitative estimate of drug-likeness (QED) is 0.501. The lowest BCUT2D eigenvalue weighted by atomic mass is 10.0. The van der Waals surface area contributed by atoms with Crippen LogP contribution in [0.1, 0.15) is 44.2 Å². The number of rotatable bonds is 4. The van der Waals surface area contributed by atoms with Gasteiger partial charge in [-0.05, 0) is 43.4 Å². The molecule has 0 aliphatic heterocycles. The average molecular weight is 414 g/mol. The first-order valence-electron chi connectivity index (χ1n) is 9.79. The summed E-state index contributed by atoms with van der Waals surface area (Å²) < 4.78 is 16.9. The van der Waals surface area contributed by atoms with Gasteiger partial charge in [0.2, 0.25) is 0 Å². The standard InChI is InChI=1S/C22H21ClFN3S/c23-16-11-6-12-17(24)19(16)20-21(25-15-9-4-5-10-15)27-18(13-28-22(27)26-20)14-7-2-1-3-8-14/h1-2,6-7,11-13,15,25H,3-5,8-10H2. The van der Waals surface area contributed by atoms with Crippen LogP contribution in [0, 0.1) is 5.82 Å². The van der Waals surface area contributed by atoms with Crippen molar-refractivity contribution in [2.24, 2.45) is 0 Å². The Balaban J connectivity index is 1.72. The summed E-state index contributed by atoms with van der Waals surface area (Å²) in [6.07, 6.45) is 13.2. The van der Waals surface area contributed by atoms with Gasteiger partial charge in [0.1, 0.15) is 17.3 Å². The normalized spacial score (nSPS) is 17.4. The van der Waals surface area contributed by atoms with Crippen molar-refractivity contribution in [3.8, 4) is 11.3 Å². The van der Waals surface area contributed by atoms with Crippen molar-refractivity contribution in [1.29, 1.82) is 0 Å². The van der Waals surface area contributed by atoms with Crippen molar-refractivity contribution in [2.45, 2.75) is 44.6 Å². The maximum absolute atomic E-state index is 14.7. The van der Waals surface area contributed by atoms with E-state index in [0.717, 1.165) is 42.2 Å². The molecular weight excluding hydrogens is 393 g/mol. The third-order valence-corrected chi connectivity index (χ3v) is 6.74. The lowest BCUT2D eigenvalue weighted by molar-refractivity contribution is 0.631. The van der Waals surface area contributed by atoms with Gasteiger partial charge in [0.25, 0.3) is 0 Å². The van der Waals surface area contributed by atoms with Crippen LogP contribution in [0.2, 0.25) is 5.02 Å². The van der Waals surface area contributed by atoms with Crippen LogP contribution in [-0.2, 0) is 0 Å². The van der Waals surface area contributed by atoms with Gasteiger partial charge in [0.15, 0.2) is 4.96 Å². The molecule has 2 aliphatic carbocycles. The van der Waals surface area contributed by atoms with E-state index in [1.807, 2.05) is 0 Å². The van der Waals surface area contributed by atoms with Crippen LogP contribution in [-0.4, -0.2) is 15.4 Å². The molecule has 1 aromatic carbocycles. The van der Waals surface area contributed by atoms with E-state index in [4.69, 9.17) is 16.6 Å².